The highest BCUT2D eigenvalue weighted by atomic mass is 32.2. The summed E-state index contributed by atoms with van der Waals surface area (Å²) in [5, 5.41) is 6.44. The standard InChI is InChI=1S/C16H20N4O4S/c17-8-1-9-18-25(22,23)13-6-4-12(5-7-13)19-16(21)14-10-15(24-20-14)11-2-3-11/h4-7,10-11,18H,1-3,8-9,17H2,(H,19,21). The molecule has 134 valence electrons. The largest absolute Gasteiger partial charge is 0.360 e. The zero-order valence-electron chi connectivity index (χ0n) is 13.6. The number of nitrogens with zero attached hydrogens (tertiary/aromatic N) is 1. The third-order valence-corrected chi connectivity index (χ3v) is 5.31. The number of nitrogens with one attached hydrogen (secondary N) is 2. The van der Waals surface area contributed by atoms with Gasteiger partial charge < -0.3 is 15.6 Å². The molecule has 1 aliphatic carbocycles. The fourth-order valence-electron chi connectivity index (χ4n) is 2.26. The van der Waals surface area contributed by atoms with Crippen LogP contribution in [-0.2, 0) is 10.0 Å². The first-order valence-corrected chi connectivity index (χ1v) is 9.55. The van der Waals surface area contributed by atoms with Crippen molar-refractivity contribution in [1.82, 2.24) is 9.88 Å². The quantitative estimate of drug-likeness (QED) is 0.608. The first kappa shape index (κ1) is 17.6. The Morgan fingerprint density at radius 3 is 2.64 bits per heavy atom. The summed E-state index contributed by atoms with van der Waals surface area (Å²) in [6, 6.07) is 7.55. The zero-order valence-corrected chi connectivity index (χ0v) is 14.4. The Morgan fingerprint density at radius 2 is 2.00 bits per heavy atom. The van der Waals surface area contributed by atoms with Crippen molar-refractivity contribution >= 4 is 21.6 Å². The lowest BCUT2D eigenvalue weighted by atomic mass is 10.2. The van der Waals surface area contributed by atoms with Crippen molar-refractivity contribution in [3.8, 4) is 0 Å². The second-order valence-corrected chi connectivity index (χ2v) is 7.67. The Kier molecular flexibility index (Phi) is 5.16. The number of anilines is 1. The molecule has 0 saturated heterocycles. The summed E-state index contributed by atoms with van der Waals surface area (Å²) in [4.78, 5) is 12.3. The van der Waals surface area contributed by atoms with Crippen molar-refractivity contribution in [1.29, 1.82) is 0 Å². The van der Waals surface area contributed by atoms with Gasteiger partial charge in [-0.2, -0.15) is 0 Å². The Balaban J connectivity index is 1.62. The van der Waals surface area contributed by atoms with Crippen LogP contribution in [0.5, 0.6) is 0 Å². The third kappa shape index (κ3) is 4.44. The van der Waals surface area contributed by atoms with Crippen LogP contribution >= 0.6 is 0 Å². The molecule has 0 atom stereocenters. The SMILES string of the molecule is NCCCNS(=O)(=O)c1ccc(NC(=O)c2cc(C3CC3)on2)cc1. The molecule has 9 heteroatoms. The fourth-order valence-corrected chi connectivity index (χ4v) is 3.34. The molecule has 8 nitrogen and oxygen atoms in total. The van der Waals surface area contributed by atoms with Crippen LogP contribution in [0.15, 0.2) is 39.8 Å². The van der Waals surface area contributed by atoms with Crippen LogP contribution in [0, 0.1) is 0 Å². The molecule has 25 heavy (non-hydrogen) atoms. The first-order chi connectivity index (χ1) is 12.0. The molecule has 3 rings (SSSR count). The molecule has 1 aromatic heterocycles. The minimum Gasteiger partial charge on any atom is -0.360 e. The summed E-state index contributed by atoms with van der Waals surface area (Å²) >= 11 is 0. The van der Waals surface area contributed by atoms with Gasteiger partial charge in [0.1, 0.15) is 5.76 Å². The molecule has 1 heterocycles. The van der Waals surface area contributed by atoms with E-state index < -0.39 is 15.9 Å². The Hall–Kier alpha value is -2.23. The van der Waals surface area contributed by atoms with Gasteiger partial charge in [-0.1, -0.05) is 5.16 Å². The number of aromatic nitrogens is 1. The predicted molar refractivity (Wildman–Crippen MR) is 91.7 cm³/mol. The van der Waals surface area contributed by atoms with Gasteiger partial charge in [-0.05, 0) is 50.1 Å². The highest BCUT2D eigenvalue weighted by Crippen LogP contribution is 2.40. The number of amides is 1. The Bertz CT molecular complexity index is 841. The maximum Gasteiger partial charge on any atom is 0.277 e. The molecule has 1 saturated carbocycles. The van der Waals surface area contributed by atoms with E-state index in [1.54, 1.807) is 6.07 Å². The van der Waals surface area contributed by atoms with Crippen molar-refractivity contribution in [2.75, 3.05) is 18.4 Å². The lowest BCUT2D eigenvalue weighted by molar-refractivity contribution is 0.101. The van der Waals surface area contributed by atoms with E-state index >= 15 is 0 Å². The van der Waals surface area contributed by atoms with Gasteiger partial charge in [0.15, 0.2) is 5.69 Å². The number of hydrogen-bond acceptors (Lipinski definition) is 6. The molecular formula is C16H20N4O4S. The summed E-state index contributed by atoms with van der Waals surface area (Å²) in [6.45, 7) is 0.699. The van der Waals surface area contributed by atoms with E-state index in [1.165, 1.54) is 24.3 Å². The van der Waals surface area contributed by atoms with E-state index in [9.17, 15) is 13.2 Å². The number of hydrogen-bond donors (Lipinski definition) is 3. The highest BCUT2D eigenvalue weighted by molar-refractivity contribution is 7.89. The van der Waals surface area contributed by atoms with Gasteiger partial charge in [-0.15, -0.1) is 0 Å². The predicted octanol–water partition coefficient (Wildman–Crippen LogP) is 1.43. The van der Waals surface area contributed by atoms with Crippen LogP contribution < -0.4 is 15.8 Å². The topological polar surface area (TPSA) is 127 Å². The van der Waals surface area contributed by atoms with Crippen LogP contribution in [0.3, 0.4) is 0 Å². The van der Waals surface area contributed by atoms with E-state index in [0.29, 0.717) is 24.6 Å². The molecule has 1 amide bonds. The van der Waals surface area contributed by atoms with Gasteiger partial charge in [0.05, 0.1) is 4.90 Å². The maximum absolute atomic E-state index is 12.2. The minimum atomic E-state index is -3.57. The number of carbonyl (C=O) groups excluding carboxylic acids is 1. The molecule has 4 N–H and O–H groups in total. The molecule has 0 unspecified atom stereocenters. The van der Waals surface area contributed by atoms with Crippen LogP contribution in [0.1, 0.15) is 41.4 Å². The third-order valence-electron chi connectivity index (χ3n) is 3.84. The average Bonchev–Trinajstić information content (AvgIpc) is 3.32. The number of carbonyl (C=O) groups is 1. The van der Waals surface area contributed by atoms with E-state index in [2.05, 4.69) is 15.2 Å². The zero-order chi connectivity index (χ0) is 17.9. The van der Waals surface area contributed by atoms with E-state index in [0.717, 1.165) is 18.6 Å². The van der Waals surface area contributed by atoms with Crippen molar-refractivity contribution in [3.05, 3.63) is 41.8 Å². The molecule has 0 bridgehead atoms. The summed E-state index contributed by atoms with van der Waals surface area (Å²) < 4.78 is 31.8. The second-order valence-electron chi connectivity index (χ2n) is 5.91. The van der Waals surface area contributed by atoms with Gasteiger partial charge in [-0.25, -0.2) is 13.1 Å². The monoisotopic (exact) mass is 364 g/mol. The van der Waals surface area contributed by atoms with Gasteiger partial charge in [-0.3, -0.25) is 4.79 Å². The first-order valence-electron chi connectivity index (χ1n) is 8.07. The van der Waals surface area contributed by atoms with Gasteiger partial charge >= 0.3 is 0 Å². The van der Waals surface area contributed by atoms with Crippen LogP contribution in [-0.4, -0.2) is 32.6 Å². The highest BCUT2D eigenvalue weighted by Gasteiger charge is 2.28. The maximum atomic E-state index is 12.2. The summed E-state index contributed by atoms with van der Waals surface area (Å²) in [5.74, 6) is 0.716. The number of sulfonamides is 1. The molecule has 1 aliphatic rings. The molecule has 1 fully saturated rings. The van der Waals surface area contributed by atoms with Crippen LogP contribution in [0.4, 0.5) is 5.69 Å². The lowest BCUT2D eigenvalue weighted by Crippen LogP contribution is -2.26. The molecule has 1 aromatic carbocycles. The van der Waals surface area contributed by atoms with Crippen LogP contribution in [0.2, 0.25) is 0 Å². The van der Waals surface area contributed by atoms with Crippen molar-refractivity contribution in [2.24, 2.45) is 5.73 Å². The van der Waals surface area contributed by atoms with Gasteiger partial charge in [0.25, 0.3) is 5.91 Å². The Morgan fingerprint density at radius 1 is 1.28 bits per heavy atom. The number of rotatable bonds is 8. The van der Waals surface area contributed by atoms with Crippen LogP contribution in [0.25, 0.3) is 0 Å². The Labute approximate surface area is 145 Å². The fraction of sp³-hybridized carbons (Fsp3) is 0.375. The molecular weight excluding hydrogens is 344 g/mol. The normalized spacial score (nSPS) is 14.4. The summed E-state index contributed by atoms with van der Waals surface area (Å²) in [6.07, 6.45) is 2.69. The molecule has 0 radical (unpaired) electrons. The number of benzene rings is 1. The van der Waals surface area contributed by atoms with E-state index in [4.69, 9.17) is 10.3 Å². The minimum absolute atomic E-state index is 0.125. The summed E-state index contributed by atoms with van der Waals surface area (Å²) in [5.41, 5.74) is 6.03. The second kappa shape index (κ2) is 7.34. The van der Waals surface area contributed by atoms with Crippen molar-refractivity contribution in [2.45, 2.75) is 30.1 Å². The smallest absolute Gasteiger partial charge is 0.277 e. The summed E-state index contributed by atoms with van der Waals surface area (Å²) in [7, 11) is -3.57. The molecule has 0 spiro atoms. The van der Waals surface area contributed by atoms with Crippen molar-refractivity contribution in [3.63, 3.8) is 0 Å². The van der Waals surface area contributed by atoms with E-state index in [1.807, 2.05) is 0 Å². The lowest BCUT2D eigenvalue weighted by Gasteiger charge is -2.07. The van der Waals surface area contributed by atoms with Gasteiger partial charge in [0.2, 0.25) is 10.0 Å². The van der Waals surface area contributed by atoms with E-state index in [-0.39, 0.29) is 17.1 Å². The number of nitrogens with two attached hydrogens (primary N) is 1. The molecule has 0 aliphatic heterocycles. The van der Waals surface area contributed by atoms with Gasteiger partial charge in [0, 0.05) is 24.2 Å². The average molecular weight is 364 g/mol. The molecule has 2 aromatic rings. The van der Waals surface area contributed by atoms with Crippen molar-refractivity contribution < 1.29 is 17.7 Å².